The molecule has 1 saturated carbocycles. The molecule has 1 aliphatic rings. The summed E-state index contributed by atoms with van der Waals surface area (Å²) in [6, 6.07) is 0. The van der Waals surface area contributed by atoms with Crippen molar-refractivity contribution < 1.29 is 0 Å². The molecule has 0 atom stereocenters. The van der Waals surface area contributed by atoms with Crippen molar-refractivity contribution in [1.29, 1.82) is 0 Å². The van der Waals surface area contributed by atoms with Crippen LogP contribution in [-0.2, 0) is 0 Å². The fourth-order valence-electron chi connectivity index (χ4n) is 3.63. The molecule has 0 aromatic rings. The molecular formula is C20H42. The Kier molecular flexibility index (Phi) is 9.11. The molecule has 0 aromatic carbocycles. The highest BCUT2D eigenvalue weighted by molar-refractivity contribution is 4.79. The predicted molar refractivity (Wildman–Crippen MR) is 94.2 cm³/mol. The van der Waals surface area contributed by atoms with Crippen LogP contribution in [0.1, 0.15) is 107 Å². The first-order chi connectivity index (χ1) is 9.24. The van der Waals surface area contributed by atoms with E-state index in [-0.39, 0.29) is 0 Å². The van der Waals surface area contributed by atoms with Gasteiger partial charge < -0.3 is 0 Å². The van der Waals surface area contributed by atoms with E-state index in [2.05, 4.69) is 55.4 Å². The molecule has 0 saturated heterocycles. The van der Waals surface area contributed by atoms with Gasteiger partial charge in [-0.25, -0.2) is 0 Å². The molecule has 0 bridgehead atoms. The first-order valence-electron chi connectivity index (χ1n) is 9.24. The van der Waals surface area contributed by atoms with Crippen LogP contribution in [0.5, 0.6) is 0 Å². The van der Waals surface area contributed by atoms with Gasteiger partial charge in [0.25, 0.3) is 0 Å². The van der Waals surface area contributed by atoms with Crippen molar-refractivity contribution in [2.24, 2.45) is 22.7 Å². The minimum atomic E-state index is 0.556. The highest BCUT2D eigenvalue weighted by Gasteiger charge is 2.27. The van der Waals surface area contributed by atoms with E-state index in [1.54, 1.807) is 0 Å². The van der Waals surface area contributed by atoms with E-state index in [1.807, 2.05) is 0 Å². The lowest BCUT2D eigenvalue weighted by atomic mass is 9.70. The molecule has 0 unspecified atom stereocenters. The van der Waals surface area contributed by atoms with Crippen LogP contribution in [0, 0.1) is 22.7 Å². The molecule has 0 amide bonds. The largest absolute Gasteiger partial charge is 0.0649 e. The number of hydrogen-bond acceptors (Lipinski definition) is 0. The van der Waals surface area contributed by atoms with Crippen LogP contribution in [0.15, 0.2) is 0 Å². The molecule has 0 heteroatoms. The monoisotopic (exact) mass is 282 g/mol. The molecule has 0 aliphatic heterocycles. The van der Waals surface area contributed by atoms with Crippen LogP contribution in [0.25, 0.3) is 0 Å². The molecular weight excluding hydrogens is 240 g/mol. The van der Waals surface area contributed by atoms with Crippen molar-refractivity contribution in [1.82, 2.24) is 0 Å². The molecule has 20 heavy (non-hydrogen) atoms. The Morgan fingerprint density at radius 2 is 1.05 bits per heavy atom. The summed E-state index contributed by atoms with van der Waals surface area (Å²) in [4.78, 5) is 0. The Morgan fingerprint density at radius 3 is 1.25 bits per heavy atom. The van der Waals surface area contributed by atoms with E-state index < -0.39 is 0 Å². The third kappa shape index (κ3) is 6.64. The van der Waals surface area contributed by atoms with E-state index >= 15 is 0 Å². The smallest absolute Gasteiger partial charge is 0.0308 e. The van der Waals surface area contributed by atoms with E-state index in [0.29, 0.717) is 10.8 Å². The SMILES string of the molecule is CC1CCC(C(C)(C)C)CC1.CCC(CC)(CC)CC. The van der Waals surface area contributed by atoms with Gasteiger partial charge in [-0.3, -0.25) is 0 Å². The zero-order valence-corrected chi connectivity index (χ0v) is 15.8. The first kappa shape index (κ1) is 20.0. The molecule has 122 valence electrons. The molecule has 0 heterocycles. The van der Waals surface area contributed by atoms with Crippen molar-refractivity contribution in [3.05, 3.63) is 0 Å². The summed E-state index contributed by atoms with van der Waals surface area (Å²) in [6.45, 7) is 18.7. The average molecular weight is 283 g/mol. The van der Waals surface area contributed by atoms with Crippen molar-refractivity contribution in [3.63, 3.8) is 0 Å². The Balaban J connectivity index is 0.000000370. The Hall–Kier alpha value is 0. The summed E-state index contributed by atoms with van der Waals surface area (Å²) < 4.78 is 0. The molecule has 0 nitrogen and oxygen atoms in total. The summed E-state index contributed by atoms with van der Waals surface area (Å²) >= 11 is 0. The summed E-state index contributed by atoms with van der Waals surface area (Å²) in [5.74, 6) is 1.98. The highest BCUT2D eigenvalue weighted by Crippen LogP contribution is 2.39. The second kappa shape index (κ2) is 9.11. The lowest BCUT2D eigenvalue weighted by Crippen LogP contribution is -2.24. The van der Waals surface area contributed by atoms with E-state index in [9.17, 15) is 0 Å². The second-order valence-electron chi connectivity index (χ2n) is 8.24. The van der Waals surface area contributed by atoms with Crippen LogP contribution in [0.3, 0.4) is 0 Å². The van der Waals surface area contributed by atoms with Gasteiger partial charge in [0.1, 0.15) is 0 Å². The third-order valence-corrected chi connectivity index (χ3v) is 6.24. The summed E-state index contributed by atoms with van der Waals surface area (Å²) in [6.07, 6.45) is 11.2. The van der Waals surface area contributed by atoms with Gasteiger partial charge in [0.2, 0.25) is 0 Å². The molecule has 0 N–H and O–H groups in total. The van der Waals surface area contributed by atoms with Gasteiger partial charge in [-0.05, 0) is 35.5 Å². The fourth-order valence-corrected chi connectivity index (χ4v) is 3.63. The van der Waals surface area contributed by atoms with Crippen LogP contribution in [0.2, 0.25) is 0 Å². The molecule has 1 aliphatic carbocycles. The number of hydrogen-bond donors (Lipinski definition) is 0. The highest BCUT2D eigenvalue weighted by atomic mass is 14.3. The van der Waals surface area contributed by atoms with E-state index in [0.717, 1.165) is 11.8 Å². The van der Waals surface area contributed by atoms with E-state index in [1.165, 1.54) is 51.4 Å². The summed E-state index contributed by atoms with van der Waals surface area (Å²) in [5, 5.41) is 0. The van der Waals surface area contributed by atoms with Gasteiger partial charge in [-0.15, -0.1) is 0 Å². The van der Waals surface area contributed by atoms with Gasteiger partial charge in [-0.2, -0.15) is 0 Å². The maximum atomic E-state index is 2.39. The molecule has 0 aromatic heterocycles. The van der Waals surface area contributed by atoms with Gasteiger partial charge in [-0.1, -0.05) is 93.9 Å². The van der Waals surface area contributed by atoms with Crippen LogP contribution < -0.4 is 0 Å². The minimum Gasteiger partial charge on any atom is -0.0649 e. The Bertz CT molecular complexity index is 203. The summed E-state index contributed by atoms with van der Waals surface area (Å²) in [7, 11) is 0. The zero-order valence-electron chi connectivity index (χ0n) is 15.8. The van der Waals surface area contributed by atoms with Crippen LogP contribution in [0.4, 0.5) is 0 Å². The van der Waals surface area contributed by atoms with Crippen LogP contribution >= 0.6 is 0 Å². The van der Waals surface area contributed by atoms with Crippen molar-refractivity contribution in [2.75, 3.05) is 0 Å². The predicted octanol–water partition coefficient (Wildman–Crippen LogP) is 7.47. The average Bonchev–Trinajstić information content (AvgIpc) is 2.42. The van der Waals surface area contributed by atoms with Crippen molar-refractivity contribution in [2.45, 2.75) is 107 Å². The standard InChI is InChI=1S/C11H22.C9H20/c1-9-5-7-10(8-6-9)11(2,3)4;1-5-9(6-2,7-3)8-4/h9-10H,5-8H2,1-4H3;5-8H2,1-4H3. The molecule has 1 rings (SSSR count). The Morgan fingerprint density at radius 1 is 0.700 bits per heavy atom. The van der Waals surface area contributed by atoms with Crippen molar-refractivity contribution >= 4 is 0 Å². The molecule has 0 radical (unpaired) electrons. The first-order valence-corrected chi connectivity index (χ1v) is 9.24. The molecule has 0 spiro atoms. The second-order valence-corrected chi connectivity index (χ2v) is 8.24. The lowest BCUT2D eigenvalue weighted by molar-refractivity contribution is 0.155. The van der Waals surface area contributed by atoms with E-state index in [4.69, 9.17) is 0 Å². The van der Waals surface area contributed by atoms with Gasteiger partial charge in [0, 0.05) is 0 Å². The third-order valence-electron chi connectivity index (χ3n) is 6.24. The maximum Gasteiger partial charge on any atom is -0.0308 e. The van der Waals surface area contributed by atoms with Gasteiger partial charge in [0.05, 0.1) is 0 Å². The molecule has 1 fully saturated rings. The van der Waals surface area contributed by atoms with Crippen molar-refractivity contribution in [3.8, 4) is 0 Å². The van der Waals surface area contributed by atoms with Crippen LogP contribution in [-0.4, -0.2) is 0 Å². The minimum absolute atomic E-state index is 0.556. The topological polar surface area (TPSA) is 0 Å². The zero-order chi connectivity index (χ0) is 15.8. The van der Waals surface area contributed by atoms with Gasteiger partial charge >= 0.3 is 0 Å². The summed E-state index contributed by atoms with van der Waals surface area (Å²) in [5.41, 5.74) is 1.22. The number of rotatable bonds is 4. The van der Waals surface area contributed by atoms with Gasteiger partial charge in [0.15, 0.2) is 0 Å². The Labute approximate surface area is 130 Å². The normalized spacial score (nSPS) is 24.0. The quantitative estimate of drug-likeness (QED) is 0.501. The maximum absolute atomic E-state index is 2.39. The fraction of sp³-hybridized carbons (Fsp3) is 1.00. The lowest BCUT2D eigenvalue weighted by Gasteiger charge is -2.35.